The normalized spacial score (nSPS) is 11.0. The summed E-state index contributed by atoms with van der Waals surface area (Å²) in [6.45, 7) is 3.08. The molecule has 0 saturated carbocycles. The zero-order valence-electron chi connectivity index (χ0n) is 10.8. The monoisotopic (exact) mass is 252 g/mol. The topological polar surface area (TPSA) is 69.3 Å². The first-order valence-electron chi connectivity index (χ1n) is 6.31. The van der Waals surface area contributed by atoms with Crippen molar-refractivity contribution in [3.63, 3.8) is 0 Å². The zero-order chi connectivity index (χ0) is 13.4. The third kappa shape index (κ3) is 1.81. The van der Waals surface area contributed by atoms with Crippen molar-refractivity contribution in [2.45, 2.75) is 13.5 Å². The lowest BCUT2D eigenvalue weighted by Crippen LogP contribution is -2.21. The molecule has 0 amide bonds. The highest BCUT2D eigenvalue weighted by Gasteiger charge is 2.09. The Morgan fingerprint density at radius 1 is 1.05 bits per heavy atom. The van der Waals surface area contributed by atoms with Crippen LogP contribution < -0.4 is 11.5 Å². The van der Waals surface area contributed by atoms with E-state index in [9.17, 15) is 0 Å². The summed E-state index contributed by atoms with van der Waals surface area (Å²) in [6, 6.07) is 14.4. The predicted octanol–water partition coefficient (Wildman–Crippen LogP) is 2.72. The molecule has 3 aromatic rings. The van der Waals surface area contributed by atoms with Gasteiger partial charge in [-0.1, -0.05) is 18.2 Å². The molecule has 2 aromatic carbocycles. The van der Waals surface area contributed by atoms with Crippen LogP contribution in [0.25, 0.3) is 21.8 Å². The first-order chi connectivity index (χ1) is 9.20. The highest BCUT2D eigenvalue weighted by atomic mass is 15.0. The molecule has 3 rings (SSSR count). The molecule has 0 spiro atoms. The van der Waals surface area contributed by atoms with Crippen molar-refractivity contribution >= 4 is 33.5 Å². The second kappa shape index (κ2) is 4.31. The number of para-hydroxylation sites is 1. The number of rotatable bonds is 2. The van der Waals surface area contributed by atoms with Gasteiger partial charge in [0, 0.05) is 28.4 Å². The van der Waals surface area contributed by atoms with Gasteiger partial charge in [0.2, 0.25) is 0 Å². The molecule has 0 bridgehead atoms. The summed E-state index contributed by atoms with van der Waals surface area (Å²) in [5.74, 6) is 0.0820. The Labute approximate surface area is 111 Å². The Balaban J connectivity index is 2.39. The molecular formula is C15H16N4. The highest BCUT2D eigenvalue weighted by Crippen LogP contribution is 2.31. The number of hydrogen-bond donors (Lipinski definition) is 2. The number of hydrogen-bond acceptors (Lipinski definition) is 1. The highest BCUT2D eigenvalue weighted by molar-refractivity contribution is 6.09. The maximum Gasteiger partial charge on any atom is 0.191 e. The van der Waals surface area contributed by atoms with E-state index < -0.39 is 0 Å². The molecule has 0 saturated heterocycles. The largest absolute Gasteiger partial charge is 0.370 e. The zero-order valence-corrected chi connectivity index (χ0v) is 10.8. The van der Waals surface area contributed by atoms with Gasteiger partial charge >= 0.3 is 0 Å². The third-order valence-electron chi connectivity index (χ3n) is 3.33. The number of fused-ring (bicyclic) bond motifs is 3. The minimum absolute atomic E-state index is 0.0820. The molecule has 19 heavy (non-hydrogen) atoms. The number of guanidine groups is 1. The summed E-state index contributed by atoms with van der Waals surface area (Å²) in [6.07, 6.45) is 0. The second-order valence-corrected chi connectivity index (χ2v) is 4.50. The van der Waals surface area contributed by atoms with E-state index in [4.69, 9.17) is 11.5 Å². The maximum atomic E-state index is 5.44. The van der Waals surface area contributed by atoms with Crippen LogP contribution in [0.2, 0.25) is 0 Å². The van der Waals surface area contributed by atoms with Crippen LogP contribution in [-0.4, -0.2) is 10.5 Å². The molecule has 4 nitrogen and oxygen atoms in total. The van der Waals surface area contributed by atoms with Gasteiger partial charge in [0.1, 0.15) is 0 Å². The number of aliphatic imine (C=N–C) groups is 1. The van der Waals surface area contributed by atoms with Crippen LogP contribution >= 0.6 is 0 Å². The summed E-state index contributed by atoms with van der Waals surface area (Å²) >= 11 is 0. The van der Waals surface area contributed by atoms with Crippen molar-refractivity contribution in [3.05, 3.63) is 42.5 Å². The van der Waals surface area contributed by atoms with E-state index >= 15 is 0 Å². The van der Waals surface area contributed by atoms with E-state index in [1.165, 1.54) is 21.8 Å². The number of aromatic nitrogens is 1. The fraction of sp³-hybridized carbons (Fsp3) is 0.133. The molecule has 4 heteroatoms. The lowest BCUT2D eigenvalue weighted by molar-refractivity contribution is 0.827. The van der Waals surface area contributed by atoms with Gasteiger partial charge in [-0.3, -0.25) is 0 Å². The van der Waals surface area contributed by atoms with Gasteiger partial charge in [0.15, 0.2) is 5.96 Å². The number of nitrogens with two attached hydrogens (primary N) is 2. The minimum atomic E-state index is 0.0820. The summed E-state index contributed by atoms with van der Waals surface area (Å²) in [7, 11) is 0. The first kappa shape index (κ1) is 11.6. The van der Waals surface area contributed by atoms with Crippen LogP contribution in [0.15, 0.2) is 47.5 Å². The second-order valence-electron chi connectivity index (χ2n) is 4.50. The van der Waals surface area contributed by atoms with E-state index in [1.807, 2.05) is 12.1 Å². The van der Waals surface area contributed by atoms with Gasteiger partial charge in [0.25, 0.3) is 0 Å². The molecular weight excluding hydrogens is 236 g/mol. The van der Waals surface area contributed by atoms with Crippen LogP contribution in [0.4, 0.5) is 5.69 Å². The van der Waals surface area contributed by atoms with Gasteiger partial charge < -0.3 is 16.0 Å². The SMILES string of the molecule is CCn1c2ccccc2c2cc(N=C(N)N)ccc21. The van der Waals surface area contributed by atoms with Gasteiger partial charge in [-0.15, -0.1) is 0 Å². The maximum absolute atomic E-state index is 5.44. The molecule has 1 aromatic heterocycles. The molecule has 96 valence electrons. The molecule has 0 fully saturated rings. The van der Waals surface area contributed by atoms with Gasteiger partial charge in [0.05, 0.1) is 5.69 Å². The lowest BCUT2D eigenvalue weighted by Gasteiger charge is -2.02. The Morgan fingerprint density at radius 3 is 2.53 bits per heavy atom. The van der Waals surface area contributed by atoms with E-state index in [-0.39, 0.29) is 5.96 Å². The van der Waals surface area contributed by atoms with Crippen LogP contribution in [0.5, 0.6) is 0 Å². The van der Waals surface area contributed by atoms with Crippen molar-refractivity contribution in [2.24, 2.45) is 16.5 Å². The van der Waals surface area contributed by atoms with Crippen LogP contribution in [0.1, 0.15) is 6.92 Å². The van der Waals surface area contributed by atoms with Crippen molar-refractivity contribution in [1.29, 1.82) is 0 Å². The van der Waals surface area contributed by atoms with Crippen LogP contribution in [-0.2, 0) is 6.54 Å². The summed E-state index contributed by atoms with van der Waals surface area (Å²) in [5, 5.41) is 2.41. The van der Waals surface area contributed by atoms with Crippen molar-refractivity contribution < 1.29 is 0 Å². The van der Waals surface area contributed by atoms with E-state index in [1.54, 1.807) is 0 Å². The number of benzene rings is 2. The lowest BCUT2D eigenvalue weighted by atomic mass is 10.1. The summed E-state index contributed by atoms with van der Waals surface area (Å²) in [5.41, 5.74) is 14.1. The molecule has 0 aliphatic rings. The molecule has 0 atom stereocenters. The average Bonchev–Trinajstić information content (AvgIpc) is 2.71. The van der Waals surface area contributed by atoms with Crippen LogP contribution in [0, 0.1) is 0 Å². The Bertz CT molecular complexity index is 779. The predicted molar refractivity (Wildman–Crippen MR) is 80.6 cm³/mol. The molecule has 1 heterocycles. The summed E-state index contributed by atoms with van der Waals surface area (Å²) < 4.78 is 2.30. The van der Waals surface area contributed by atoms with E-state index in [2.05, 4.69) is 46.8 Å². The number of nitrogens with zero attached hydrogens (tertiary/aromatic N) is 2. The molecule has 0 radical (unpaired) electrons. The minimum Gasteiger partial charge on any atom is -0.370 e. The van der Waals surface area contributed by atoms with E-state index in [0.717, 1.165) is 12.2 Å². The molecule has 0 aliphatic heterocycles. The number of aryl methyl sites for hydroxylation is 1. The molecule has 0 unspecified atom stereocenters. The fourth-order valence-corrected chi connectivity index (χ4v) is 2.60. The average molecular weight is 252 g/mol. The Morgan fingerprint density at radius 2 is 1.79 bits per heavy atom. The van der Waals surface area contributed by atoms with E-state index in [0.29, 0.717) is 0 Å². The Hall–Kier alpha value is -2.49. The molecule has 4 N–H and O–H groups in total. The summed E-state index contributed by atoms with van der Waals surface area (Å²) in [4.78, 5) is 4.11. The first-order valence-corrected chi connectivity index (χ1v) is 6.31. The molecule has 0 aliphatic carbocycles. The van der Waals surface area contributed by atoms with Crippen molar-refractivity contribution in [1.82, 2.24) is 4.57 Å². The standard InChI is InChI=1S/C15H16N4/c1-2-19-13-6-4-3-5-11(13)12-9-10(18-15(16)17)7-8-14(12)19/h3-9H,2H2,1H3,(H4,16,17,18). The van der Waals surface area contributed by atoms with Crippen molar-refractivity contribution in [2.75, 3.05) is 0 Å². The van der Waals surface area contributed by atoms with Gasteiger partial charge in [-0.25, -0.2) is 4.99 Å². The van der Waals surface area contributed by atoms with Gasteiger partial charge in [-0.05, 0) is 31.2 Å². The smallest absolute Gasteiger partial charge is 0.191 e. The van der Waals surface area contributed by atoms with Crippen molar-refractivity contribution in [3.8, 4) is 0 Å². The van der Waals surface area contributed by atoms with Crippen LogP contribution in [0.3, 0.4) is 0 Å². The quantitative estimate of drug-likeness (QED) is 0.544. The fourth-order valence-electron chi connectivity index (χ4n) is 2.60. The van der Waals surface area contributed by atoms with Gasteiger partial charge in [-0.2, -0.15) is 0 Å². The third-order valence-corrected chi connectivity index (χ3v) is 3.33. The Kier molecular flexibility index (Phi) is 2.63.